The smallest absolute Gasteiger partial charge is 0.435 e. The quantitative estimate of drug-likeness (QED) is 0.712. The van der Waals surface area contributed by atoms with Crippen LogP contribution in [0, 0.1) is 0 Å². The van der Waals surface area contributed by atoms with E-state index in [9.17, 15) is 22.8 Å². The van der Waals surface area contributed by atoms with Crippen LogP contribution >= 0.6 is 0 Å². The monoisotopic (exact) mass is 378 g/mol. The van der Waals surface area contributed by atoms with E-state index in [1.807, 2.05) is 0 Å². The van der Waals surface area contributed by atoms with Crippen LogP contribution in [0.5, 0.6) is 0 Å². The number of hydrogen-bond donors (Lipinski definition) is 2. The summed E-state index contributed by atoms with van der Waals surface area (Å²) >= 11 is 0. The van der Waals surface area contributed by atoms with Crippen LogP contribution in [0.1, 0.15) is 16.2 Å². The lowest BCUT2D eigenvalue weighted by atomic mass is 10.2. The molecule has 0 radical (unpaired) electrons. The predicted molar refractivity (Wildman–Crippen MR) is 89.0 cm³/mol. The molecule has 0 unspecified atom stereocenters. The van der Waals surface area contributed by atoms with Crippen molar-refractivity contribution in [2.45, 2.75) is 12.7 Å². The Labute approximate surface area is 150 Å². The summed E-state index contributed by atoms with van der Waals surface area (Å²) in [5.74, 6) is -0.806. The zero-order chi connectivity index (χ0) is 19.4. The average Bonchev–Trinajstić information content (AvgIpc) is 3.27. The van der Waals surface area contributed by atoms with E-state index in [4.69, 9.17) is 4.42 Å². The van der Waals surface area contributed by atoms with Crippen LogP contribution in [0.25, 0.3) is 0 Å². The molecule has 140 valence electrons. The number of hydrogen-bond acceptors (Lipinski definition) is 4. The molecule has 2 aromatic heterocycles. The Morgan fingerprint density at radius 3 is 2.26 bits per heavy atom. The minimum atomic E-state index is -4.56. The second-order valence-corrected chi connectivity index (χ2v) is 5.45. The summed E-state index contributed by atoms with van der Waals surface area (Å²) in [5, 5.41) is 8.46. The van der Waals surface area contributed by atoms with E-state index in [-0.39, 0.29) is 12.3 Å². The number of benzene rings is 1. The van der Waals surface area contributed by atoms with Gasteiger partial charge >= 0.3 is 6.18 Å². The largest absolute Gasteiger partial charge is 0.459 e. The van der Waals surface area contributed by atoms with E-state index >= 15 is 0 Å². The van der Waals surface area contributed by atoms with E-state index in [1.165, 1.54) is 12.3 Å². The molecule has 0 saturated carbocycles. The molecule has 7 nitrogen and oxygen atoms in total. The Kier molecular flexibility index (Phi) is 4.97. The lowest BCUT2D eigenvalue weighted by Gasteiger charge is -2.08. The van der Waals surface area contributed by atoms with Gasteiger partial charge in [0.15, 0.2) is 11.5 Å². The van der Waals surface area contributed by atoms with Crippen molar-refractivity contribution in [3.63, 3.8) is 0 Å². The Balaban J connectivity index is 1.55. The highest BCUT2D eigenvalue weighted by molar-refractivity contribution is 6.02. The predicted octanol–water partition coefficient (Wildman–Crippen LogP) is 3.39. The Hall–Kier alpha value is -3.56. The van der Waals surface area contributed by atoms with Crippen molar-refractivity contribution in [1.82, 2.24) is 9.78 Å². The molecule has 3 aromatic rings. The standard InChI is InChI=1S/C17H13F3N4O3/c18-17(19,20)14-7-8-24(23-14)10-15(25)21-11-3-5-12(6-4-11)22-16(26)13-2-1-9-27-13/h1-9H,10H2,(H,21,25)(H,22,26). The molecule has 0 fully saturated rings. The first-order valence-corrected chi connectivity index (χ1v) is 7.67. The summed E-state index contributed by atoms with van der Waals surface area (Å²) in [4.78, 5) is 23.8. The number of amides is 2. The summed E-state index contributed by atoms with van der Waals surface area (Å²) in [6, 6.07) is 10.1. The van der Waals surface area contributed by atoms with Gasteiger partial charge in [0.25, 0.3) is 5.91 Å². The maximum atomic E-state index is 12.5. The third-order valence-corrected chi connectivity index (χ3v) is 3.41. The lowest BCUT2D eigenvalue weighted by molar-refractivity contribution is -0.141. The van der Waals surface area contributed by atoms with Gasteiger partial charge in [-0.3, -0.25) is 14.3 Å². The first-order chi connectivity index (χ1) is 12.8. The van der Waals surface area contributed by atoms with Crippen LogP contribution in [-0.2, 0) is 17.5 Å². The van der Waals surface area contributed by atoms with Crippen LogP contribution in [0.3, 0.4) is 0 Å². The molecule has 2 N–H and O–H groups in total. The van der Waals surface area contributed by atoms with Crippen LogP contribution in [0.4, 0.5) is 24.5 Å². The normalized spacial score (nSPS) is 11.2. The minimum Gasteiger partial charge on any atom is -0.459 e. The molecule has 2 heterocycles. The molecule has 10 heteroatoms. The molecule has 1 aromatic carbocycles. The van der Waals surface area contributed by atoms with Gasteiger partial charge in [-0.05, 0) is 42.5 Å². The summed E-state index contributed by atoms with van der Waals surface area (Å²) in [6.45, 7) is -0.368. The molecule has 27 heavy (non-hydrogen) atoms. The number of nitrogens with one attached hydrogen (secondary N) is 2. The SMILES string of the molecule is O=C(Cn1ccc(C(F)(F)F)n1)Nc1ccc(NC(=O)c2ccco2)cc1. The molecule has 0 atom stereocenters. The highest BCUT2D eigenvalue weighted by atomic mass is 19.4. The van der Waals surface area contributed by atoms with Gasteiger partial charge in [0, 0.05) is 17.6 Å². The lowest BCUT2D eigenvalue weighted by Crippen LogP contribution is -2.19. The molecule has 0 bridgehead atoms. The molecule has 0 saturated heterocycles. The number of anilines is 2. The topological polar surface area (TPSA) is 89.2 Å². The number of aromatic nitrogens is 2. The molecule has 0 aliphatic heterocycles. The van der Waals surface area contributed by atoms with Gasteiger partial charge in [-0.1, -0.05) is 0 Å². The molecular formula is C17H13F3N4O3. The fourth-order valence-corrected chi connectivity index (χ4v) is 2.19. The zero-order valence-corrected chi connectivity index (χ0v) is 13.7. The van der Waals surface area contributed by atoms with Gasteiger partial charge < -0.3 is 15.1 Å². The van der Waals surface area contributed by atoms with Crippen molar-refractivity contribution in [3.05, 3.63) is 66.4 Å². The first-order valence-electron chi connectivity index (χ1n) is 7.67. The third-order valence-electron chi connectivity index (χ3n) is 3.41. The van der Waals surface area contributed by atoms with Gasteiger partial charge in [0.1, 0.15) is 6.54 Å². The summed E-state index contributed by atoms with van der Waals surface area (Å²) < 4.78 is 43.3. The van der Waals surface area contributed by atoms with Gasteiger partial charge in [0.2, 0.25) is 5.91 Å². The Bertz CT molecular complexity index is 931. The van der Waals surface area contributed by atoms with E-state index in [0.29, 0.717) is 11.4 Å². The second kappa shape index (κ2) is 7.36. The maximum Gasteiger partial charge on any atom is 0.435 e. The number of carbonyl (C=O) groups excluding carboxylic acids is 2. The molecule has 3 rings (SSSR count). The highest BCUT2D eigenvalue weighted by Gasteiger charge is 2.33. The van der Waals surface area contributed by atoms with Crippen molar-refractivity contribution in [3.8, 4) is 0 Å². The molecule has 0 aliphatic carbocycles. The average molecular weight is 378 g/mol. The van der Waals surface area contributed by atoms with Crippen LogP contribution in [0.15, 0.2) is 59.3 Å². The fraction of sp³-hybridized carbons (Fsp3) is 0.118. The van der Waals surface area contributed by atoms with Crippen molar-refractivity contribution < 1.29 is 27.2 Å². The van der Waals surface area contributed by atoms with Gasteiger partial charge in [-0.15, -0.1) is 0 Å². The number of carbonyl (C=O) groups is 2. The van der Waals surface area contributed by atoms with Crippen molar-refractivity contribution in [2.75, 3.05) is 10.6 Å². The van der Waals surface area contributed by atoms with Crippen molar-refractivity contribution >= 4 is 23.2 Å². The van der Waals surface area contributed by atoms with Crippen LogP contribution in [-0.4, -0.2) is 21.6 Å². The van der Waals surface area contributed by atoms with Crippen molar-refractivity contribution in [1.29, 1.82) is 0 Å². The Morgan fingerprint density at radius 2 is 1.70 bits per heavy atom. The molecule has 2 amide bonds. The highest BCUT2D eigenvalue weighted by Crippen LogP contribution is 2.27. The van der Waals surface area contributed by atoms with E-state index < -0.39 is 23.7 Å². The van der Waals surface area contributed by atoms with Crippen molar-refractivity contribution in [2.24, 2.45) is 0 Å². The van der Waals surface area contributed by atoms with Gasteiger partial charge in [-0.25, -0.2) is 0 Å². The fourth-order valence-electron chi connectivity index (χ4n) is 2.19. The Morgan fingerprint density at radius 1 is 1.04 bits per heavy atom. The van der Waals surface area contributed by atoms with E-state index in [1.54, 1.807) is 30.3 Å². The molecule has 0 spiro atoms. The number of furan rings is 1. The number of halogens is 3. The number of alkyl halides is 3. The van der Waals surface area contributed by atoms with E-state index in [0.717, 1.165) is 16.9 Å². The summed E-state index contributed by atoms with van der Waals surface area (Å²) in [7, 11) is 0. The molecule has 0 aliphatic rings. The number of nitrogens with zero attached hydrogens (tertiary/aromatic N) is 2. The third kappa shape index (κ3) is 4.75. The minimum absolute atomic E-state index is 0.157. The zero-order valence-electron chi connectivity index (χ0n) is 13.7. The maximum absolute atomic E-state index is 12.5. The first kappa shape index (κ1) is 18.2. The summed E-state index contributed by atoms with van der Waals surface area (Å²) in [6.07, 6.45) is -2.10. The number of rotatable bonds is 5. The van der Waals surface area contributed by atoms with E-state index in [2.05, 4.69) is 15.7 Å². The molecular weight excluding hydrogens is 365 g/mol. The van der Waals surface area contributed by atoms with Crippen LogP contribution in [0.2, 0.25) is 0 Å². The van der Waals surface area contributed by atoms with Crippen LogP contribution < -0.4 is 10.6 Å². The van der Waals surface area contributed by atoms with Gasteiger partial charge in [0.05, 0.1) is 6.26 Å². The summed E-state index contributed by atoms with van der Waals surface area (Å²) in [5.41, 5.74) is -0.164. The van der Waals surface area contributed by atoms with Gasteiger partial charge in [-0.2, -0.15) is 18.3 Å². The second-order valence-electron chi connectivity index (χ2n) is 5.45.